The molecule has 3 N–H and O–H groups in total. The summed E-state index contributed by atoms with van der Waals surface area (Å²) in [6, 6.07) is -0.584. The van der Waals surface area contributed by atoms with Crippen molar-refractivity contribution in [3.8, 4) is 12.3 Å². The van der Waals surface area contributed by atoms with Crippen molar-refractivity contribution in [3.63, 3.8) is 0 Å². The van der Waals surface area contributed by atoms with Crippen molar-refractivity contribution in [1.82, 2.24) is 5.32 Å². The Kier molecular flexibility index (Phi) is 5.16. The van der Waals surface area contributed by atoms with Crippen molar-refractivity contribution < 1.29 is 9.53 Å². The molecule has 0 bridgehead atoms. The molecule has 1 aliphatic heterocycles. The lowest BCUT2D eigenvalue weighted by Gasteiger charge is -2.12. The number of carbonyl (C=O) groups is 1. The number of hydrogen-bond donors (Lipinski definition) is 2. The third kappa shape index (κ3) is 4.32. The fourth-order valence-corrected chi connectivity index (χ4v) is 1.58. The first kappa shape index (κ1) is 12.0. The standard InChI is InChI=1S/C11H18N2O2/c1-2-4-10(12)11(14)13-7-6-9-5-3-8-15-9/h1,9-10H,3-8,12H2,(H,13,14). The van der Waals surface area contributed by atoms with Gasteiger partial charge in [-0.1, -0.05) is 0 Å². The zero-order chi connectivity index (χ0) is 11.1. The second-order valence-electron chi connectivity index (χ2n) is 3.73. The smallest absolute Gasteiger partial charge is 0.237 e. The lowest BCUT2D eigenvalue weighted by atomic mass is 10.1. The van der Waals surface area contributed by atoms with Gasteiger partial charge >= 0.3 is 0 Å². The van der Waals surface area contributed by atoms with Crippen LogP contribution in [0.4, 0.5) is 0 Å². The molecule has 1 aliphatic rings. The zero-order valence-corrected chi connectivity index (χ0v) is 8.87. The third-order valence-electron chi connectivity index (χ3n) is 2.46. The molecule has 4 nitrogen and oxygen atoms in total. The van der Waals surface area contributed by atoms with Gasteiger partial charge in [0.15, 0.2) is 0 Å². The predicted octanol–water partition coefficient (Wildman–Crippen LogP) is 0.0223. The second kappa shape index (κ2) is 6.44. The maximum Gasteiger partial charge on any atom is 0.237 e. The normalized spacial score (nSPS) is 22.0. The minimum Gasteiger partial charge on any atom is -0.378 e. The van der Waals surface area contributed by atoms with E-state index >= 15 is 0 Å². The summed E-state index contributed by atoms with van der Waals surface area (Å²) in [5.41, 5.74) is 5.54. The molecule has 2 unspecified atom stereocenters. The molecule has 0 saturated carbocycles. The van der Waals surface area contributed by atoms with Crippen LogP contribution in [0.1, 0.15) is 25.7 Å². The average molecular weight is 210 g/mol. The van der Waals surface area contributed by atoms with Gasteiger partial charge in [-0.25, -0.2) is 0 Å². The first-order chi connectivity index (χ1) is 7.24. The Morgan fingerprint density at radius 3 is 3.13 bits per heavy atom. The molecular formula is C11H18N2O2. The fraction of sp³-hybridized carbons (Fsp3) is 0.727. The molecule has 1 fully saturated rings. The summed E-state index contributed by atoms with van der Waals surface area (Å²) < 4.78 is 5.43. The molecule has 84 valence electrons. The average Bonchev–Trinajstić information content (AvgIpc) is 2.71. The van der Waals surface area contributed by atoms with Crippen molar-refractivity contribution in [3.05, 3.63) is 0 Å². The molecule has 0 radical (unpaired) electrons. The molecule has 0 spiro atoms. The fourth-order valence-electron chi connectivity index (χ4n) is 1.58. The molecule has 1 heterocycles. The van der Waals surface area contributed by atoms with Gasteiger partial charge < -0.3 is 15.8 Å². The molecule has 1 rings (SSSR count). The number of rotatable bonds is 5. The number of hydrogen-bond acceptors (Lipinski definition) is 3. The van der Waals surface area contributed by atoms with Crippen LogP contribution < -0.4 is 11.1 Å². The van der Waals surface area contributed by atoms with Crippen LogP contribution in [0.5, 0.6) is 0 Å². The van der Waals surface area contributed by atoms with E-state index in [2.05, 4.69) is 11.2 Å². The van der Waals surface area contributed by atoms with Crippen LogP contribution in [0.25, 0.3) is 0 Å². The monoisotopic (exact) mass is 210 g/mol. The summed E-state index contributed by atoms with van der Waals surface area (Å²) in [6.45, 7) is 1.46. The molecule has 2 atom stereocenters. The van der Waals surface area contributed by atoms with E-state index in [1.165, 1.54) is 0 Å². The van der Waals surface area contributed by atoms with Gasteiger partial charge in [-0.15, -0.1) is 12.3 Å². The third-order valence-corrected chi connectivity index (χ3v) is 2.46. The van der Waals surface area contributed by atoms with Gasteiger partial charge in [0, 0.05) is 19.6 Å². The first-order valence-electron chi connectivity index (χ1n) is 5.32. The van der Waals surface area contributed by atoms with Crippen LogP contribution in [0.3, 0.4) is 0 Å². The summed E-state index contributed by atoms with van der Waals surface area (Å²) in [6.07, 6.45) is 8.71. The minimum atomic E-state index is -0.584. The maximum atomic E-state index is 11.3. The number of nitrogens with two attached hydrogens (primary N) is 1. The first-order valence-corrected chi connectivity index (χ1v) is 5.32. The Morgan fingerprint density at radius 1 is 1.73 bits per heavy atom. The van der Waals surface area contributed by atoms with Gasteiger partial charge in [0.25, 0.3) is 0 Å². The van der Waals surface area contributed by atoms with Crippen molar-refractivity contribution in [1.29, 1.82) is 0 Å². The van der Waals surface area contributed by atoms with Gasteiger partial charge in [-0.2, -0.15) is 0 Å². The molecule has 0 aliphatic carbocycles. The molecular weight excluding hydrogens is 192 g/mol. The van der Waals surface area contributed by atoms with Crippen molar-refractivity contribution >= 4 is 5.91 Å². The summed E-state index contributed by atoms with van der Waals surface area (Å²) in [5.74, 6) is 2.19. The van der Waals surface area contributed by atoms with Crippen LogP contribution in [0.15, 0.2) is 0 Å². The highest BCUT2D eigenvalue weighted by molar-refractivity contribution is 5.81. The molecule has 0 aromatic rings. The Hall–Kier alpha value is -1.05. The second-order valence-corrected chi connectivity index (χ2v) is 3.73. The van der Waals surface area contributed by atoms with Gasteiger partial charge in [-0.05, 0) is 19.3 Å². The highest BCUT2D eigenvalue weighted by Crippen LogP contribution is 2.14. The van der Waals surface area contributed by atoms with E-state index in [1.54, 1.807) is 0 Å². The van der Waals surface area contributed by atoms with E-state index in [-0.39, 0.29) is 12.3 Å². The zero-order valence-electron chi connectivity index (χ0n) is 8.87. The molecule has 0 aromatic heterocycles. The maximum absolute atomic E-state index is 11.3. The van der Waals surface area contributed by atoms with Gasteiger partial charge in [0.2, 0.25) is 5.91 Å². The lowest BCUT2D eigenvalue weighted by Crippen LogP contribution is -2.41. The van der Waals surface area contributed by atoms with Crippen molar-refractivity contribution in [2.75, 3.05) is 13.2 Å². The van der Waals surface area contributed by atoms with E-state index in [0.29, 0.717) is 12.6 Å². The van der Waals surface area contributed by atoms with E-state index in [4.69, 9.17) is 16.9 Å². The Morgan fingerprint density at radius 2 is 2.53 bits per heavy atom. The number of terminal acetylenes is 1. The number of ether oxygens (including phenoxy) is 1. The Labute approximate surface area is 90.5 Å². The van der Waals surface area contributed by atoms with E-state index in [9.17, 15) is 4.79 Å². The van der Waals surface area contributed by atoms with Crippen LogP contribution in [-0.4, -0.2) is 31.2 Å². The summed E-state index contributed by atoms with van der Waals surface area (Å²) in [5, 5.41) is 2.75. The minimum absolute atomic E-state index is 0.175. The largest absolute Gasteiger partial charge is 0.378 e. The van der Waals surface area contributed by atoms with Crippen molar-refractivity contribution in [2.45, 2.75) is 37.8 Å². The molecule has 4 heteroatoms. The van der Waals surface area contributed by atoms with Crippen LogP contribution in [-0.2, 0) is 9.53 Å². The topological polar surface area (TPSA) is 64.4 Å². The Balaban J connectivity index is 2.08. The molecule has 0 aromatic carbocycles. The van der Waals surface area contributed by atoms with E-state index in [0.717, 1.165) is 25.9 Å². The summed E-state index contributed by atoms with van der Waals surface area (Å²) >= 11 is 0. The van der Waals surface area contributed by atoms with Crippen LogP contribution >= 0.6 is 0 Å². The Bertz CT molecular complexity index is 241. The highest BCUT2D eigenvalue weighted by atomic mass is 16.5. The van der Waals surface area contributed by atoms with E-state index < -0.39 is 6.04 Å². The predicted molar refractivity (Wildman–Crippen MR) is 58.0 cm³/mol. The number of amides is 1. The van der Waals surface area contributed by atoms with Crippen LogP contribution in [0.2, 0.25) is 0 Å². The van der Waals surface area contributed by atoms with Crippen molar-refractivity contribution in [2.24, 2.45) is 5.73 Å². The molecule has 1 amide bonds. The number of carbonyl (C=O) groups excluding carboxylic acids is 1. The highest BCUT2D eigenvalue weighted by Gasteiger charge is 2.16. The summed E-state index contributed by atoms with van der Waals surface area (Å²) in [4.78, 5) is 11.3. The number of nitrogens with one attached hydrogen (secondary N) is 1. The van der Waals surface area contributed by atoms with E-state index in [1.807, 2.05) is 0 Å². The quantitative estimate of drug-likeness (QED) is 0.629. The summed E-state index contributed by atoms with van der Waals surface area (Å²) in [7, 11) is 0. The van der Waals surface area contributed by atoms with Gasteiger partial charge in [0.05, 0.1) is 12.1 Å². The van der Waals surface area contributed by atoms with Crippen LogP contribution in [0, 0.1) is 12.3 Å². The van der Waals surface area contributed by atoms with Gasteiger partial charge in [0.1, 0.15) is 0 Å². The molecule has 1 saturated heterocycles. The molecule has 15 heavy (non-hydrogen) atoms. The van der Waals surface area contributed by atoms with Gasteiger partial charge in [-0.3, -0.25) is 4.79 Å². The lowest BCUT2D eigenvalue weighted by molar-refractivity contribution is -0.122. The SMILES string of the molecule is C#CCC(N)C(=O)NCCC1CCCO1.